The fraction of sp³-hybridized carbons (Fsp3) is 0.500. The second-order valence-corrected chi connectivity index (χ2v) is 4.60. The summed E-state index contributed by atoms with van der Waals surface area (Å²) in [5, 5.41) is 2.94. The SMILES string of the molecule is CN1CCC(CNC(=O)c2ccnc(N)c2)C1. The topological polar surface area (TPSA) is 71.2 Å². The first-order chi connectivity index (χ1) is 8.15. The molecule has 1 aliphatic heterocycles. The molecule has 0 saturated carbocycles. The molecule has 1 saturated heterocycles. The predicted octanol–water partition coefficient (Wildman–Crippen LogP) is 0.345. The van der Waals surface area contributed by atoms with Gasteiger partial charge in [0.25, 0.3) is 5.91 Å². The van der Waals surface area contributed by atoms with Crippen molar-refractivity contribution in [3.8, 4) is 0 Å². The Morgan fingerprint density at radius 3 is 3.18 bits per heavy atom. The van der Waals surface area contributed by atoms with E-state index in [-0.39, 0.29) is 5.91 Å². The monoisotopic (exact) mass is 234 g/mol. The second-order valence-electron chi connectivity index (χ2n) is 4.60. The molecule has 5 heteroatoms. The molecule has 0 aliphatic carbocycles. The van der Waals surface area contributed by atoms with Gasteiger partial charge in [0.15, 0.2) is 0 Å². The van der Waals surface area contributed by atoms with Gasteiger partial charge in [-0.25, -0.2) is 4.98 Å². The molecule has 2 rings (SSSR count). The van der Waals surface area contributed by atoms with Gasteiger partial charge < -0.3 is 16.0 Å². The number of anilines is 1. The van der Waals surface area contributed by atoms with Gasteiger partial charge in [0.05, 0.1) is 0 Å². The first kappa shape index (κ1) is 11.9. The molecule has 1 aromatic rings. The van der Waals surface area contributed by atoms with Crippen LogP contribution in [0.15, 0.2) is 18.3 Å². The number of nitrogens with zero attached hydrogens (tertiary/aromatic N) is 2. The zero-order chi connectivity index (χ0) is 12.3. The third kappa shape index (κ3) is 3.17. The molecule has 1 aliphatic rings. The Hall–Kier alpha value is -1.62. The molecular formula is C12H18N4O. The van der Waals surface area contributed by atoms with Gasteiger partial charge in [-0.05, 0) is 38.1 Å². The molecule has 5 nitrogen and oxygen atoms in total. The first-order valence-corrected chi connectivity index (χ1v) is 5.83. The maximum atomic E-state index is 11.8. The van der Waals surface area contributed by atoms with Crippen molar-refractivity contribution in [2.75, 3.05) is 32.4 Å². The van der Waals surface area contributed by atoms with Crippen LogP contribution in [0.25, 0.3) is 0 Å². The number of nitrogens with one attached hydrogen (secondary N) is 1. The molecular weight excluding hydrogens is 216 g/mol. The molecule has 1 unspecified atom stereocenters. The lowest BCUT2D eigenvalue weighted by molar-refractivity contribution is 0.0947. The van der Waals surface area contributed by atoms with Crippen molar-refractivity contribution in [1.82, 2.24) is 15.2 Å². The Balaban J connectivity index is 1.85. The summed E-state index contributed by atoms with van der Waals surface area (Å²) < 4.78 is 0. The van der Waals surface area contributed by atoms with Gasteiger partial charge in [-0.3, -0.25) is 4.79 Å². The lowest BCUT2D eigenvalue weighted by atomic mass is 10.1. The standard InChI is InChI=1S/C12H18N4O/c1-16-5-3-9(8-16)7-15-12(17)10-2-4-14-11(13)6-10/h2,4,6,9H,3,5,7-8H2,1H3,(H2,13,14)(H,15,17). The summed E-state index contributed by atoms with van der Waals surface area (Å²) in [5.74, 6) is 0.857. The minimum atomic E-state index is -0.0753. The van der Waals surface area contributed by atoms with Gasteiger partial charge in [0.1, 0.15) is 5.82 Å². The van der Waals surface area contributed by atoms with E-state index in [0.29, 0.717) is 17.3 Å². The molecule has 0 bridgehead atoms. The lowest BCUT2D eigenvalue weighted by Crippen LogP contribution is -2.30. The number of pyridine rings is 1. The number of likely N-dealkylation sites (tertiary alicyclic amines) is 1. The summed E-state index contributed by atoms with van der Waals surface area (Å²) in [7, 11) is 2.10. The fourth-order valence-electron chi connectivity index (χ4n) is 2.12. The third-order valence-electron chi connectivity index (χ3n) is 3.08. The summed E-state index contributed by atoms with van der Waals surface area (Å²) in [5.41, 5.74) is 6.11. The third-order valence-corrected chi connectivity index (χ3v) is 3.08. The van der Waals surface area contributed by atoms with Crippen LogP contribution in [-0.4, -0.2) is 42.5 Å². The van der Waals surface area contributed by atoms with Crippen molar-refractivity contribution < 1.29 is 4.79 Å². The number of rotatable bonds is 3. The number of hydrogen-bond donors (Lipinski definition) is 2. The van der Waals surface area contributed by atoms with Crippen LogP contribution < -0.4 is 11.1 Å². The average Bonchev–Trinajstić information content (AvgIpc) is 2.72. The van der Waals surface area contributed by atoms with E-state index >= 15 is 0 Å². The Kier molecular flexibility index (Phi) is 3.58. The minimum absolute atomic E-state index is 0.0753. The Labute approximate surface area is 101 Å². The molecule has 3 N–H and O–H groups in total. The molecule has 0 aromatic carbocycles. The van der Waals surface area contributed by atoms with E-state index in [2.05, 4.69) is 22.2 Å². The van der Waals surface area contributed by atoms with Gasteiger partial charge in [-0.1, -0.05) is 0 Å². The summed E-state index contributed by atoms with van der Waals surface area (Å²) >= 11 is 0. The number of aromatic nitrogens is 1. The van der Waals surface area contributed by atoms with Crippen molar-refractivity contribution >= 4 is 11.7 Å². The van der Waals surface area contributed by atoms with Gasteiger partial charge >= 0.3 is 0 Å². The maximum absolute atomic E-state index is 11.8. The number of nitrogen functional groups attached to an aromatic ring is 1. The van der Waals surface area contributed by atoms with Crippen LogP contribution in [0.3, 0.4) is 0 Å². The largest absolute Gasteiger partial charge is 0.384 e. The summed E-state index contributed by atoms with van der Waals surface area (Å²) in [6.07, 6.45) is 2.70. The van der Waals surface area contributed by atoms with E-state index in [4.69, 9.17) is 5.73 Å². The smallest absolute Gasteiger partial charge is 0.251 e. The highest BCUT2D eigenvalue weighted by molar-refractivity contribution is 5.94. The van der Waals surface area contributed by atoms with Crippen LogP contribution in [0.1, 0.15) is 16.8 Å². The summed E-state index contributed by atoms with van der Waals surface area (Å²) in [6, 6.07) is 3.27. The maximum Gasteiger partial charge on any atom is 0.251 e. The molecule has 17 heavy (non-hydrogen) atoms. The number of carbonyl (C=O) groups excluding carboxylic acids is 1. The average molecular weight is 234 g/mol. The summed E-state index contributed by atoms with van der Waals surface area (Å²) in [6.45, 7) is 2.90. The van der Waals surface area contributed by atoms with E-state index in [0.717, 1.165) is 26.1 Å². The number of nitrogens with two attached hydrogens (primary N) is 1. The Morgan fingerprint density at radius 1 is 1.71 bits per heavy atom. The molecule has 92 valence electrons. The molecule has 1 aromatic heterocycles. The molecule has 1 atom stereocenters. The van der Waals surface area contributed by atoms with Crippen molar-refractivity contribution in [3.63, 3.8) is 0 Å². The molecule has 0 spiro atoms. The van der Waals surface area contributed by atoms with E-state index < -0.39 is 0 Å². The zero-order valence-corrected chi connectivity index (χ0v) is 10.0. The quantitative estimate of drug-likeness (QED) is 0.791. The number of hydrogen-bond acceptors (Lipinski definition) is 4. The highest BCUT2D eigenvalue weighted by atomic mass is 16.1. The highest BCUT2D eigenvalue weighted by Gasteiger charge is 2.19. The fourth-order valence-corrected chi connectivity index (χ4v) is 2.12. The van der Waals surface area contributed by atoms with Crippen LogP contribution in [0.2, 0.25) is 0 Å². The number of carbonyl (C=O) groups is 1. The molecule has 2 heterocycles. The highest BCUT2D eigenvalue weighted by Crippen LogP contribution is 2.13. The van der Waals surface area contributed by atoms with Crippen molar-refractivity contribution in [2.24, 2.45) is 5.92 Å². The van der Waals surface area contributed by atoms with E-state index in [1.807, 2.05) is 0 Å². The Bertz CT molecular complexity index is 407. The van der Waals surface area contributed by atoms with Crippen molar-refractivity contribution in [2.45, 2.75) is 6.42 Å². The normalized spacial score (nSPS) is 20.4. The lowest BCUT2D eigenvalue weighted by Gasteiger charge is -2.11. The van der Waals surface area contributed by atoms with E-state index in [1.165, 1.54) is 0 Å². The van der Waals surface area contributed by atoms with Gasteiger partial charge in [-0.2, -0.15) is 0 Å². The first-order valence-electron chi connectivity index (χ1n) is 5.83. The van der Waals surface area contributed by atoms with Crippen molar-refractivity contribution in [3.05, 3.63) is 23.9 Å². The second kappa shape index (κ2) is 5.14. The molecule has 1 fully saturated rings. The number of amides is 1. The predicted molar refractivity (Wildman–Crippen MR) is 66.6 cm³/mol. The Morgan fingerprint density at radius 2 is 2.53 bits per heavy atom. The molecule has 0 radical (unpaired) electrons. The van der Waals surface area contributed by atoms with E-state index in [1.54, 1.807) is 18.3 Å². The van der Waals surface area contributed by atoms with E-state index in [9.17, 15) is 4.79 Å². The molecule has 1 amide bonds. The summed E-state index contributed by atoms with van der Waals surface area (Å²) in [4.78, 5) is 18.0. The van der Waals surface area contributed by atoms with Gasteiger partial charge in [0, 0.05) is 24.8 Å². The van der Waals surface area contributed by atoms with Crippen molar-refractivity contribution in [1.29, 1.82) is 0 Å². The van der Waals surface area contributed by atoms with Crippen LogP contribution >= 0.6 is 0 Å². The van der Waals surface area contributed by atoms with Crippen LogP contribution in [0.4, 0.5) is 5.82 Å². The van der Waals surface area contributed by atoms with Crippen LogP contribution in [0.5, 0.6) is 0 Å². The van der Waals surface area contributed by atoms with Gasteiger partial charge in [0.2, 0.25) is 0 Å². The van der Waals surface area contributed by atoms with Gasteiger partial charge in [-0.15, -0.1) is 0 Å². The zero-order valence-electron chi connectivity index (χ0n) is 10.0. The van der Waals surface area contributed by atoms with Crippen LogP contribution in [0, 0.1) is 5.92 Å². The minimum Gasteiger partial charge on any atom is -0.384 e. The van der Waals surface area contributed by atoms with Crippen LogP contribution in [-0.2, 0) is 0 Å².